The van der Waals surface area contributed by atoms with Gasteiger partial charge in [-0.15, -0.1) is 0 Å². The Morgan fingerprint density at radius 1 is 1.45 bits per heavy atom. The summed E-state index contributed by atoms with van der Waals surface area (Å²) in [5.41, 5.74) is 5.80. The van der Waals surface area contributed by atoms with Gasteiger partial charge >= 0.3 is 0 Å². The van der Waals surface area contributed by atoms with Crippen molar-refractivity contribution >= 4 is 17.5 Å². The number of carbonyl (C=O) groups excluding carboxylic acids is 1. The lowest BCUT2D eigenvalue weighted by atomic mass is 9.92. The lowest BCUT2D eigenvalue weighted by molar-refractivity contribution is 0.0686. The second-order valence-corrected chi connectivity index (χ2v) is 6.19. The number of nitrogens with two attached hydrogens (primary N) is 1. The number of nitrogens with zero attached hydrogens (tertiary/aromatic N) is 1. The topological polar surface area (TPSA) is 66.6 Å². The summed E-state index contributed by atoms with van der Waals surface area (Å²) in [4.78, 5) is 14.3. The fourth-order valence-electron chi connectivity index (χ4n) is 1.95. The van der Waals surface area contributed by atoms with Gasteiger partial charge in [-0.3, -0.25) is 4.79 Å². The van der Waals surface area contributed by atoms with Gasteiger partial charge in [0.1, 0.15) is 5.75 Å². The number of phenolic OH excluding ortho intramolecular Hbond substituents is 1. The summed E-state index contributed by atoms with van der Waals surface area (Å²) >= 11 is 5.90. The van der Waals surface area contributed by atoms with E-state index >= 15 is 0 Å². The minimum atomic E-state index is -0.214. The van der Waals surface area contributed by atoms with Crippen molar-refractivity contribution in [3.05, 3.63) is 28.8 Å². The number of hydrogen-bond acceptors (Lipinski definition) is 3. The Kier molecular flexibility index (Phi) is 5.84. The number of amides is 1. The molecule has 0 aliphatic rings. The Hall–Kier alpha value is -1.26. The molecule has 4 nitrogen and oxygen atoms in total. The molecule has 1 aromatic rings. The molecular weight excluding hydrogens is 276 g/mol. The second-order valence-electron chi connectivity index (χ2n) is 5.76. The highest BCUT2D eigenvalue weighted by Crippen LogP contribution is 2.25. The maximum atomic E-state index is 12.6. The van der Waals surface area contributed by atoms with Crippen LogP contribution in [0.3, 0.4) is 0 Å². The van der Waals surface area contributed by atoms with E-state index in [2.05, 4.69) is 0 Å². The monoisotopic (exact) mass is 298 g/mol. The van der Waals surface area contributed by atoms with Crippen LogP contribution in [0, 0.1) is 5.41 Å². The van der Waals surface area contributed by atoms with Crippen molar-refractivity contribution in [1.29, 1.82) is 0 Å². The number of hydrogen-bond donors (Lipinski definition) is 2. The van der Waals surface area contributed by atoms with Crippen molar-refractivity contribution in [3.8, 4) is 5.75 Å². The summed E-state index contributed by atoms with van der Waals surface area (Å²) in [6.07, 6.45) is 0.841. The van der Waals surface area contributed by atoms with Crippen LogP contribution in [0.25, 0.3) is 0 Å². The average molecular weight is 299 g/mol. The molecule has 0 saturated heterocycles. The van der Waals surface area contributed by atoms with Crippen LogP contribution >= 0.6 is 11.6 Å². The lowest BCUT2D eigenvalue weighted by Crippen LogP contribution is -2.42. The van der Waals surface area contributed by atoms with Crippen LogP contribution in [0.4, 0.5) is 0 Å². The van der Waals surface area contributed by atoms with E-state index < -0.39 is 0 Å². The summed E-state index contributed by atoms with van der Waals surface area (Å²) in [6, 6.07) is 4.49. The van der Waals surface area contributed by atoms with E-state index in [0.29, 0.717) is 24.7 Å². The van der Waals surface area contributed by atoms with Crippen LogP contribution in [0.5, 0.6) is 5.75 Å². The molecule has 0 saturated carbocycles. The van der Waals surface area contributed by atoms with Crippen LogP contribution in [0.2, 0.25) is 5.02 Å². The van der Waals surface area contributed by atoms with Crippen LogP contribution in [-0.4, -0.2) is 35.5 Å². The van der Waals surface area contributed by atoms with Gasteiger partial charge in [0, 0.05) is 18.1 Å². The van der Waals surface area contributed by atoms with E-state index in [4.69, 9.17) is 17.3 Å². The molecular formula is C15H23ClN2O2. The van der Waals surface area contributed by atoms with Crippen LogP contribution in [0.15, 0.2) is 18.2 Å². The van der Waals surface area contributed by atoms with Crippen molar-refractivity contribution in [2.45, 2.75) is 27.2 Å². The van der Waals surface area contributed by atoms with Crippen molar-refractivity contribution in [2.24, 2.45) is 11.1 Å². The maximum Gasteiger partial charge on any atom is 0.257 e. The molecule has 0 aromatic heterocycles. The van der Waals surface area contributed by atoms with Gasteiger partial charge in [-0.1, -0.05) is 32.4 Å². The van der Waals surface area contributed by atoms with Gasteiger partial charge < -0.3 is 15.7 Å². The largest absolute Gasteiger partial charge is 0.507 e. The molecule has 20 heavy (non-hydrogen) atoms. The predicted octanol–water partition coefficient (Wildman–Crippen LogP) is 2.88. The van der Waals surface area contributed by atoms with Crippen molar-refractivity contribution in [1.82, 2.24) is 4.90 Å². The van der Waals surface area contributed by atoms with Gasteiger partial charge in [0.15, 0.2) is 0 Å². The normalized spacial score (nSPS) is 11.4. The number of rotatable bonds is 6. The first kappa shape index (κ1) is 16.8. The van der Waals surface area contributed by atoms with Crippen LogP contribution in [-0.2, 0) is 0 Å². The average Bonchev–Trinajstić information content (AvgIpc) is 2.40. The minimum absolute atomic E-state index is 0.0499. The van der Waals surface area contributed by atoms with Crippen molar-refractivity contribution in [2.75, 3.05) is 19.6 Å². The lowest BCUT2D eigenvalue weighted by Gasteiger charge is -2.32. The highest BCUT2D eigenvalue weighted by atomic mass is 35.5. The van der Waals surface area contributed by atoms with E-state index in [-0.39, 0.29) is 22.6 Å². The van der Waals surface area contributed by atoms with Crippen LogP contribution < -0.4 is 5.73 Å². The molecule has 112 valence electrons. The fourth-order valence-corrected chi connectivity index (χ4v) is 2.13. The standard InChI is InChI=1S/C15H23ClN2O2/c1-4-7-18(10-15(2,3)9-17)14(20)12-8-11(16)5-6-13(12)19/h5-6,8,19H,4,7,9-10,17H2,1-3H3. The molecule has 0 unspecified atom stereocenters. The first-order valence-electron chi connectivity index (χ1n) is 6.78. The smallest absolute Gasteiger partial charge is 0.257 e. The number of phenols is 1. The molecule has 0 radical (unpaired) electrons. The molecule has 5 heteroatoms. The molecule has 0 spiro atoms. The fraction of sp³-hybridized carbons (Fsp3) is 0.533. The van der Waals surface area contributed by atoms with Crippen LogP contribution in [0.1, 0.15) is 37.6 Å². The SMILES string of the molecule is CCCN(CC(C)(C)CN)C(=O)c1cc(Cl)ccc1O. The van der Waals surface area contributed by atoms with Gasteiger partial charge in [-0.25, -0.2) is 0 Å². The Labute approximate surface area is 125 Å². The first-order valence-corrected chi connectivity index (χ1v) is 7.16. The highest BCUT2D eigenvalue weighted by molar-refractivity contribution is 6.31. The van der Waals surface area contributed by atoms with E-state index in [1.54, 1.807) is 11.0 Å². The van der Waals surface area contributed by atoms with E-state index in [1.807, 2.05) is 20.8 Å². The molecule has 1 rings (SSSR count). The van der Waals surface area contributed by atoms with Gasteiger partial charge in [-0.05, 0) is 36.6 Å². The molecule has 1 aromatic carbocycles. The Balaban J connectivity index is 3.02. The highest BCUT2D eigenvalue weighted by Gasteiger charge is 2.25. The molecule has 0 heterocycles. The summed E-state index contributed by atoms with van der Waals surface area (Å²) in [7, 11) is 0. The first-order chi connectivity index (χ1) is 9.30. The molecule has 0 aliphatic carbocycles. The molecule has 0 aliphatic heterocycles. The number of halogens is 1. The quantitative estimate of drug-likeness (QED) is 0.848. The van der Waals surface area contributed by atoms with E-state index in [0.717, 1.165) is 6.42 Å². The zero-order chi connectivity index (χ0) is 15.3. The number of benzene rings is 1. The number of carbonyl (C=O) groups is 1. The zero-order valence-electron chi connectivity index (χ0n) is 12.3. The maximum absolute atomic E-state index is 12.6. The molecule has 0 bridgehead atoms. The number of aromatic hydroxyl groups is 1. The zero-order valence-corrected chi connectivity index (χ0v) is 13.1. The van der Waals surface area contributed by atoms with E-state index in [9.17, 15) is 9.90 Å². The summed E-state index contributed by atoms with van der Waals surface area (Å²) in [5.74, 6) is -0.264. The molecule has 1 amide bonds. The summed E-state index contributed by atoms with van der Waals surface area (Å²) in [6.45, 7) is 7.69. The van der Waals surface area contributed by atoms with Gasteiger partial charge in [0.2, 0.25) is 0 Å². The Morgan fingerprint density at radius 2 is 2.10 bits per heavy atom. The second kappa shape index (κ2) is 6.95. The Morgan fingerprint density at radius 3 is 2.65 bits per heavy atom. The third kappa shape index (κ3) is 4.39. The summed E-state index contributed by atoms with van der Waals surface area (Å²) in [5, 5.41) is 10.3. The van der Waals surface area contributed by atoms with Crippen molar-refractivity contribution < 1.29 is 9.90 Å². The molecule has 3 N–H and O–H groups in total. The van der Waals surface area contributed by atoms with Gasteiger partial charge in [0.25, 0.3) is 5.91 Å². The Bertz CT molecular complexity index is 475. The third-order valence-electron chi connectivity index (χ3n) is 3.14. The van der Waals surface area contributed by atoms with E-state index in [1.165, 1.54) is 12.1 Å². The summed E-state index contributed by atoms with van der Waals surface area (Å²) < 4.78 is 0. The molecule has 0 atom stereocenters. The minimum Gasteiger partial charge on any atom is -0.507 e. The predicted molar refractivity (Wildman–Crippen MR) is 82.1 cm³/mol. The van der Waals surface area contributed by atoms with Crippen molar-refractivity contribution in [3.63, 3.8) is 0 Å². The van der Waals surface area contributed by atoms with Gasteiger partial charge in [-0.2, -0.15) is 0 Å². The third-order valence-corrected chi connectivity index (χ3v) is 3.38. The molecule has 0 fully saturated rings. The van der Waals surface area contributed by atoms with Gasteiger partial charge in [0.05, 0.1) is 5.56 Å².